The Hall–Kier alpha value is -2.60. The minimum absolute atomic E-state index is 0.0605. The van der Waals surface area contributed by atoms with E-state index in [1.54, 1.807) is 18.4 Å². The third-order valence-corrected chi connectivity index (χ3v) is 5.11. The molecule has 1 amide bonds. The molecule has 0 bridgehead atoms. The number of likely N-dealkylation sites (N-methyl/N-ethyl adjacent to an activating group) is 1. The molecule has 5 nitrogen and oxygen atoms in total. The molecule has 6 heteroatoms. The number of aryl methyl sites for hydroxylation is 1. The molecule has 0 aliphatic rings. The van der Waals surface area contributed by atoms with Gasteiger partial charge in [-0.15, -0.1) is 0 Å². The van der Waals surface area contributed by atoms with Gasteiger partial charge in [-0.3, -0.25) is 4.79 Å². The summed E-state index contributed by atoms with van der Waals surface area (Å²) in [6.45, 7) is 2.31. The van der Waals surface area contributed by atoms with Gasteiger partial charge in [0.05, 0.1) is 18.4 Å². The molecule has 0 spiro atoms. The molecular formula is C19H21N3O2S. The highest BCUT2D eigenvalue weighted by Crippen LogP contribution is 2.33. The first-order chi connectivity index (χ1) is 12.1. The lowest BCUT2D eigenvalue weighted by atomic mass is 10.1. The van der Waals surface area contributed by atoms with Crippen LogP contribution in [0.15, 0.2) is 42.5 Å². The summed E-state index contributed by atoms with van der Waals surface area (Å²) in [5.74, 6) is 0.685. The smallest absolute Gasteiger partial charge is 0.243 e. The van der Waals surface area contributed by atoms with Crippen LogP contribution in [0, 0.1) is 0 Å². The van der Waals surface area contributed by atoms with E-state index in [9.17, 15) is 4.79 Å². The van der Waals surface area contributed by atoms with Gasteiger partial charge in [-0.05, 0) is 30.2 Å². The van der Waals surface area contributed by atoms with Crippen molar-refractivity contribution in [3.8, 4) is 5.75 Å². The predicted octanol–water partition coefficient (Wildman–Crippen LogP) is 3.94. The largest absolute Gasteiger partial charge is 0.494 e. The van der Waals surface area contributed by atoms with Gasteiger partial charge in [0.2, 0.25) is 5.91 Å². The number of methoxy groups -OCH3 is 1. The van der Waals surface area contributed by atoms with E-state index in [0.717, 1.165) is 38.8 Å². The van der Waals surface area contributed by atoms with Crippen molar-refractivity contribution in [1.82, 2.24) is 4.98 Å². The minimum atomic E-state index is -0.0605. The van der Waals surface area contributed by atoms with Crippen molar-refractivity contribution in [2.75, 3.05) is 30.9 Å². The van der Waals surface area contributed by atoms with Gasteiger partial charge in [0, 0.05) is 12.7 Å². The second kappa shape index (κ2) is 7.53. The Morgan fingerprint density at radius 2 is 2.04 bits per heavy atom. The standard InChI is InChI=1S/C19H21N3O2S/c1-4-13-8-5-6-9-14(13)20-17(23)12-22(2)19-21-18-15(24-3)10-7-11-16(18)25-19/h5-11H,4,12H2,1-3H3,(H,20,23). The summed E-state index contributed by atoms with van der Waals surface area (Å²) in [6, 6.07) is 13.7. The van der Waals surface area contributed by atoms with Gasteiger partial charge in [-0.25, -0.2) is 4.98 Å². The molecule has 130 valence electrons. The quantitative estimate of drug-likeness (QED) is 0.728. The van der Waals surface area contributed by atoms with Crippen LogP contribution in [0.25, 0.3) is 10.2 Å². The predicted molar refractivity (Wildman–Crippen MR) is 104 cm³/mol. The van der Waals surface area contributed by atoms with Crippen molar-refractivity contribution >= 4 is 38.3 Å². The van der Waals surface area contributed by atoms with Crippen LogP contribution < -0.4 is 15.0 Å². The zero-order chi connectivity index (χ0) is 17.8. The Balaban J connectivity index is 1.73. The molecule has 1 heterocycles. The zero-order valence-electron chi connectivity index (χ0n) is 14.6. The number of benzene rings is 2. The lowest BCUT2D eigenvalue weighted by Crippen LogP contribution is -2.30. The number of thiazole rings is 1. The van der Waals surface area contributed by atoms with Crippen LogP contribution in [0.1, 0.15) is 12.5 Å². The molecular weight excluding hydrogens is 334 g/mol. The summed E-state index contributed by atoms with van der Waals surface area (Å²) >= 11 is 1.55. The van der Waals surface area contributed by atoms with E-state index in [0.29, 0.717) is 0 Å². The van der Waals surface area contributed by atoms with Crippen molar-refractivity contribution in [3.05, 3.63) is 48.0 Å². The van der Waals surface area contributed by atoms with Gasteiger partial charge in [0.1, 0.15) is 11.3 Å². The van der Waals surface area contributed by atoms with Crippen molar-refractivity contribution < 1.29 is 9.53 Å². The maximum Gasteiger partial charge on any atom is 0.243 e. The maximum atomic E-state index is 12.4. The maximum absolute atomic E-state index is 12.4. The lowest BCUT2D eigenvalue weighted by molar-refractivity contribution is -0.114. The third kappa shape index (κ3) is 3.74. The van der Waals surface area contributed by atoms with Crippen molar-refractivity contribution in [3.63, 3.8) is 0 Å². The average Bonchev–Trinajstić information content (AvgIpc) is 3.06. The van der Waals surface area contributed by atoms with Gasteiger partial charge in [-0.1, -0.05) is 42.5 Å². The summed E-state index contributed by atoms with van der Waals surface area (Å²) in [7, 11) is 3.51. The van der Waals surface area contributed by atoms with E-state index in [1.807, 2.05) is 54.4 Å². The van der Waals surface area contributed by atoms with Gasteiger partial charge in [0.25, 0.3) is 0 Å². The van der Waals surface area contributed by atoms with Gasteiger partial charge in [-0.2, -0.15) is 0 Å². The molecule has 0 fully saturated rings. The number of amides is 1. The first kappa shape index (κ1) is 17.2. The average molecular weight is 355 g/mol. The molecule has 0 atom stereocenters. The van der Waals surface area contributed by atoms with Crippen LogP contribution in [0.4, 0.5) is 10.8 Å². The second-order valence-corrected chi connectivity index (χ2v) is 6.73. The third-order valence-electron chi connectivity index (χ3n) is 3.97. The number of anilines is 2. The second-order valence-electron chi connectivity index (χ2n) is 5.72. The van der Waals surface area contributed by atoms with Crippen LogP contribution in [0.2, 0.25) is 0 Å². The van der Waals surface area contributed by atoms with Crippen LogP contribution in [0.5, 0.6) is 5.75 Å². The van der Waals surface area contributed by atoms with Gasteiger partial charge < -0.3 is 15.0 Å². The Labute approximate surface area is 151 Å². The number of carbonyl (C=O) groups is 1. The fraction of sp³-hybridized carbons (Fsp3) is 0.263. The van der Waals surface area contributed by atoms with E-state index in [-0.39, 0.29) is 12.5 Å². The first-order valence-electron chi connectivity index (χ1n) is 8.14. The van der Waals surface area contributed by atoms with E-state index < -0.39 is 0 Å². The molecule has 0 aliphatic heterocycles. The Bertz CT molecular complexity index is 891. The molecule has 2 aromatic carbocycles. The lowest BCUT2D eigenvalue weighted by Gasteiger charge is -2.16. The molecule has 1 aromatic heterocycles. The summed E-state index contributed by atoms with van der Waals surface area (Å²) in [5.41, 5.74) is 2.83. The van der Waals surface area contributed by atoms with E-state index in [4.69, 9.17) is 4.74 Å². The molecule has 1 N–H and O–H groups in total. The Morgan fingerprint density at radius 3 is 2.80 bits per heavy atom. The summed E-state index contributed by atoms with van der Waals surface area (Å²) in [4.78, 5) is 18.9. The van der Waals surface area contributed by atoms with E-state index in [1.165, 1.54) is 0 Å². The number of ether oxygens (including phenoxy) is 1. The van der Waals surface area contributed by atoms with Gasteiger partial charge in [0.15, 0.2) is 5.13 Å². The zero-order valence-corrected chi connectivity index (χ0v) is 15.4. The number of hydrogen-bond acceptors (Lipinski definition) is 5. The Morgan fingerprint density at radius 1 is 1.24 bits per heavy atom. The van der Waals surface area contributed by atoms with E-state index in [2.05, 4.69) is 17.2 Å². The summed E-state index contributed by atoms with van der Waals surface area (Å²) in [5, 5.41) is 3.78. The summed E-state index contributed by atoms with van der Waals surface area (Å²) in [6.07, 6.45) is 0.879. The summed E-state index contributed by atoms with van der Waals surface area (Å²) < 4.78 is 6.39. The van der Waals surface area contributed by atoms with Crippen molar-refractivity contribution in [2.45, 2.75) is 13.3 Å². The molecule has 0 aliphatic carbocycles. The highest BCUT2D eigenvalue weighted by molar-refractivity contribution is 7.22. The molecule has 0 radical (unpaired) electrons. The number of rotatable bonds is 6. The van der Waals surface area contributed by atoms with Crippen LogP contribution >= 0.6 is 11.3 Å². The Kier molecular flexibility index (Phi) is 5.19. The van der Waals surface area contributed by atoms with E-state index >= 15 is 0 Å². The fourth-order valence-electron chi connectivity index (χ4n) is 2.66. The molecule has 0 saturated carbocycles. The topological polar surface area (TPSA) is 54.5 Å². The fourth-order valence-corrected chi connectivity index (χ4v) is 3.61. The number of nitrogens with zero attached hydrogens (tertiary/aromatic N) is 2. The molecule has 0 saturated heterocycles. The van der Waals surface area contributed by atoms with Crippen LogP contribution in [-0.2, 0) is 11.2 Å². The first-order valence-corrected chi connectivity index (χ1v) is 8.96. The van der Waals surface area contributed by atoms with Crippen molar-refractivity contribution in [2.24, 2.45) is 0 Å². The highest BCUT2D eigenvalue weighted by Gasteiger charge is 2.15. The highest BCUT2D eigenvalue weighted by atomic mass is 32.1. The number of aromatic nitrogens is 1. The minimum Gasteiger partial charge on any atom is -0.494 e. The number of fused-ring (bicyclic) bond motifs is 1. The van der Waals surface area contributed by atoms with Gasteiger partial charge >= 0.3 is 0 Å². The van der Waals surface area contributed by atoms with Crippen LogP contribution in [0.3, 0.4) is 0 Å². The molecule has 25 heavy (non-hydrogen) atoms. The SMILES string of the molecule is CCc1ccccc1NC(=O)CN(C)c1nc2c(OC)cccc2s1. The normalized spacial score (nSPS) is 10.7. The molecule has 0 unspecified atom stereocenters. The van der Waals surface area contributed by atoms with Crippen molar-refractivity contribution in [1.29, 1.82) is 0 Å². The monoisotopic (exact) mass is 355 g/mol. The number of hydrogen-bond donors (Lipinski definition) is 1. The molecule has 3 aromatic rings. The number of nitrogens with one attached hydrogen (secondary N) is 1. The number of para-hydroxylation sites is 2. The molecule has 3 rings (SSSR count). The van der Waals surface area contributed by atoms with Crippen LogP contribution in [-0.4, -0.2) is 31.6 Å². The number of carbonyl (C=O) groups excluding carboxylic acids is 1.